The third-order valence-corrected chi connectivity index (χ3v) is 8.28. The van der Waals surface area contributed by atoms with Crippen molar-refractivity contribution < 1.29 is 32.0 Å². The summed E-state index contributed by atoms with van der Waals surface area (Å²) in [6.07, 6.45) is 1.09. The lowest BCUT2D eigenvalue weighted by atomic mass is 10.2. The van der Waals surface area contributed by atoms with E-state index in [1.54, 1.807) is 30.5 Å². The van der Waals surface area contributed by atoms with Gasteiger partial charge in [-0.3, -0.25) is 9.59 Å². The molecule has 2 amide bonds. The third kappa shape index (κ3) is 4.47. The van der Waals surface area contributed by atoms with Gasteiger partial charge >= 0.3 is 5.97 Å². The summed E-state index contributed by atoms with van der Waals surface area (Å²) in [5, 5.41) is 1.62. The predicted molar refractivity (Wildman–Crippen MR) is 119 cm³/mol. The zero-order valence-electron chi connectivity index (χ0n) is 17.5. The van der Waals surface area contributed by atoms with Crippen LogP contribution < -0.4 is 4.90 Å². The van der Waals surface area contributed by atoms with Gasteiger partial charge < -0.3 is 9.15 Å². The smallest absolute Gasteiger partial charge is 0.338 e. The van der Waals surface area contributed by atoms with E-state index < -0.39 is 33.8 Å². The van der Waals surface area contributed by atoms with Gasteiger partial charge in [-0.05, 0) is 54.8 Å². The van der Waals surface area contributed by atoms with Gasteiger partial charge in [0.1, 0.15) is 16.0 Å². The second kappa shape index (κ2) is 9.30. The summed E-state index contributed by atoms with van der Waals surface area (Å²) in [6, 6.07) is 10.8. The molecule has 0 bridgehead atoms. The molecule has 1 aliphatic rings. The Labute approximate surface area is 194 Å². The Morgan fingerprint density at radius 3 is 2.55 bits per heavy atom. The van der Waals surface area contributed by atoms with Gasteiger partial charge in [0.15, 0.2) is 0 Å². The summed E-state index contributed by atoms with van der Waals surface area (Å²) >= 11 is 1.02. The fourth-order valence-electron chi connectivity index (χ4n) is 3.52. The van der Waals surface area contributed by atoms with E-state index in [2.05, 4.69) is 0 Å². The van der Waals surface area contributed by atoms with Crippen molar-refractivity contribution in [2.45, 2.75) is 30.1 Å². The van der Waals surface area contributed by atoms with Crippen LogP contribution in [0, 0.1) is 0 Å². The zero-order valence-corrected chi connectivity index (χ0v) is 19.2. The molecule has 0 radical (unpaired) electrons. The molecule has 0 spiro atoms. The van der Waals surface area contributed by atoms with Crippen molar-refractivity contribution in [2.75, 3.05) is 11.5 Å². The lowest BCUT2D eigenvalue weighted by Gasteiger charge is -2.25. The summed E-state index contributed by atoms with van der Waals surface area (Å²) in [5.41, 5.74) is 0.517. The topological polar surface area (TPSA) is 114 Å². The molecule has 33 heavy (non-hydrogen) atoms. The van der Waals surface area contributed by atoms with Gasteiger partial charge in [-0.15, -0.1) is 11.3 Å². The number of nitrogens with zero attached hydrogens (tertiary/aromatic N) is 2. The molecule has 11 heteroatoms. The molecule has 1 aromatic carbocycles. The molecule has 1 fully saturated rings. The number of imide groups is 1. The van der Waals surface area contributed by atoms with Crippen LogP contribution in [-0.2, 0) is 30.9 Å². The van der Waals surface area contributed by atoms with Crippen LogP contribution in [0.15, 0.2) is 68.8 Å². The highest BCUT2D eigenvalue weighted by Crippen LogP contribution is 2.32. The predicted octanol–water partition coefficient (Wildman–Crippen LogP) is 3.04. The number of sulfonamides is 1. The number of amides is 2. The van der Waals surface area contributed by atoms with E-state index in [4.69, 9.17) is 9.15 Å². The molecule has 3 heterocycles. The molecule has 1 saturated heterocycles. The number of esters is 1. The van der Waals surface area contributed by atoms with Crippen LogP contribution >= 0.6 is 11.3 Å². The van der Waals surface area contributed by atoms with Crippen LogP contribution in [0.3, 0.4) is 0 Å². The Balaban J connectivity index is 1.65. The van der Waals surface area contributed by atoms with Crippen LogP contribution in [0.25, 0.3) is 0 Å². The average Bonchev–Trinajstić information content (AvgIpc) is 3.55. The number of hydrogen-bond donors (Lipinski definition) is 0. The van der Waals surface area contributed by atoms with Gasteiger partial charge in [0.25, 0.3) is 15.9 Å². The van der Waals surface area contributed by atoms with Gasteiger partial charge in [0.2, 0.25) is 5.91 Å². The Morgan fingerprint density at radius 1 is 1.18 bits per heavy atom. The van der Waals surface area contributed by atoms with Crippen LogP contribution in [0.2, 0.25) is 0 Å². The number of furan rings is 1. The second-order valence-corrected chi connectivity index (χ2v) is 10.2. The summed E-state index contributed by atoms with van der Waals surface area (Å²) in [5.74, 6) is -1.39. The minimum Gasteiger partial charge on any atom is -0.468 e. The van der Waals surface area contributed by atoms with Crippen LogP contribution in [0.4, 0.5) is 5.69 Å². The van der Waals surface area contributed by atoms with Crippen LogP contribution in [-0.4, -0.2) is 43.2 Å². The first kappa shape index (κ1) is 22.9. The molecule has 2 aromatic heterocycles. The fourth-order valence-corrected chi connectivity index (χ4v) is 6.19. The minimum absolute atomic E-state index is 0.0616. The van der Waals surface area contributed by atoms with E-state index >= 15 is 0 Å². The Kier molecular flexibility index (Phi) is 6.45. The molecule has 0 N–H and O–H groups in total. The fraction of sp³-hybridized carbons (Fsp3) is 0.227. The lowest BCUT2D eigenvalue weighted by molar-refractivity contribution is -0.122. The number of carbonyl (C=O) groups excluding carboxylic acids is 3. The first-order valence-electron chi connectivity index (χ1n) is 10.0. The highest BCUT2D eigenvalue weighted by molar-refractivity contribution is 7.91. The number of thiophene rings is 1. The van der Waals surface area contributed by atoms with E-state index in [9.17, 15) is 22.8 Å². The van der Waals surface area contributed by atoms with E-state index in [1.165, 1.54) is 36.6 Å². The van der Waals surface area contributed by atoms with Crippen molar-refractivity contribution in [1.82, 2.24) is 4.31 Å². The Morgan fingerprint density at radius 2 is 1.94 bits per heavy atom. The van der Waals surface area contributed by atoms with Gasteiger partial charge in [-0.1, -0.05) is 6.07 Å². The maximum Gasteiger partial charge on any atom is 0.338 e. The zero-order chi connectivity index (χ0) is 23.6. The number of benzene rings is 1. The number of carbonyl (C=O) groups is 3. The summed E-state index contributed by atoms with van der Waals surface area (Å²) in [4.78, 5) is 38.9. The van der Waals surface area contributed by atoms with E-state index in [0.717, 1.165) is 20.5 Å². The monoisotopic (exact) mass is 488 g/mol. The van der Waals surface area contributed by atoms with Crippen LogP contribution in [0.1, 0.15) is 29.5 Å². The van der Waals surface area contributed by atoms with Crippen molar-refractivity contribution >= 4 is 44.8 Å². The van der Waals surface area contributed by atoms with Crippen molar-refractivity contribution in [3.8, 4) is 0 Å². The van der Waals surface area contributed by atoms with E-state index in [0.29, 0.717) is 5.76 Å². The molecule has 0 saturated carbocycles. The van der Waals surface area contributed by atoms with Gasteiger partial charge in [-0.2, -0.15) is 4.31 Å². The number of ether oxygens (including phenoxy) is 1. The lowest BCUT2D eigenvalue weighted by Crippen LogP contribution is -2.44. The van der Waals surface area contributed by atoms with Crippen molar-refractivity contribution in [1.29, 1.82) is 0 Å². The molecule has 1 aliphatic heterocycles. The number of anilines is 1. The van der Waals surface area contributed by atoms with Gasteiger partial charge in [0, 0.05) is 0 Å². The second-order valence-electron chi connectivity index (χ2n) is 7.12. The molecular weight excluding hydrogens is 468 g/mol. The molecule has 9 nitrogen and oxygen atoms in total. The number of hydrogen-bond acceptors (Lipinski definition) is 8. The van der Waals surface area contributed by atoms with Crippen LogP contribution in [0.5, 0.6) is 0 Å². The van der Waals surface area contributed by atoms with Crippen molar-refractivity contribution in [3.63, 3.8) is 0 Å². The summed E-state index contributed by atoms with van der Waals surface area (Å²) < 4.78 is 38.0. The normalized spacial score (nSPS) is 16.5. The molecule has 0 aliphatic carbocycles. The number of rotatable bonds is 8. The Bertz CT molecular complexity index is 1250. The molecule has 3 aromatic rings. The highest BCUT2D eigenvalue weighted by atomic mass is 32.2. The first-order chi connectivity index (χ1) is 15.8. The first-order valence-corrected chi connectivity index (χ1v) is 12.4. The van der Waals surface area contributed by atoms with E-state index in [-0.39, 0.29) is 35.0 Å². The maximum atomic E-state index is 13.3. The molecular formula is C22H20N2O7S2. The molecule has 172 valence electrons. The third-order valence-electron chi connectivity index (χ3n) is 5.06. The van der Waals surface area contributed by atoms with Crippen molar-refractivity contribution in [3.05, 3.63) is 71.5 Å². The quantitative estimate of drug-likeness (QED) is 0.354. The average molecular weight is 489 g/mol. The van der Waals surface area contributed by atoms with Gasteiger partial charge in [-0.25, -0.2) is 18.1 Å². The summed E-state index contributed by atoms with van der Waals surface area (Å²) in [7, 11) is -4.07. The SMILES string of the molecule is CCOC(=O)c1ccc(N2C(=O)CC(N(Cc3ccco3)S(=O)(=O)c3cccs3)C2=O)cc1. The highest BCUT2D eigenvalue weighted by Gasteiger charge is 2.47. The maximum absolute atomic E-state index is 13.3. The summed E-state index contributed by atoms with van der Waals surface area (Å²) in [6.45, 7) is 1.70. The minimum atomic E-state index is -4.07. The molecule has 4 rings (SSSR count). The molecule has 1 unspecified atom stereocenters. The van der Waals surface area contributed by atoms with E-state index in [1.807, 2.05) is 0 Å². The standard InChI is InChI=1S/C22H20N2O7S2/c1-2-30-22(27)15-7-9-16(10-8-15)24-19(25)13-18(21(24)26)23(14-17-5-3-11-31-17)33(28,29)20-6-4-12-32-20/h3-12,18H,2,13-14H2,1H3. The van der Waals surface area contributed by atoms with Crippen molar-refractivity contribution in [2.24, 2.45) is 0 Å². The molecule has 1 atom stereocenters. The van der Waals surface area contributed by atoms with Gasteiger partial charge in [0.05, 0.1) is 37.1 Å². The largest absolute Gasteiger partial charge is 0.468 e. The Hall–Kier alpha value is -3.28.